The lowest BCUT2D eigenvalue weighted by atomic mass is 10.0. The number of carbonyl (C=O) groups is 2. The Hall–Kier alpha value is -4.70. The van der Waals surface area contributed by atoms with Crippen molar-refractivity contribution in [2.45, 2.75) is 37.8 Å². The molecule has 0 aliphatic heterocycles. The van der Waals surface area contributed by atoms with E-state index in [0.29, 0.717) is 12.4 Å². The second-order valence-corrected chi connectivity index (χ2v) is 12.0. The van der Waals surface area contributed by atoms with Gasteiger partial charge < -0.3 is 15.0 Å². The number of rotatable bonds is 13. The number of nitrogens with one attached hydrogen (secondary N) is 1. The largest absolute Gasteiger partial charge is 0.494 e. The summed E-state index contributed by atoms with van der Waals surface area (Å²) in [7, 11) is -2.79. The number of amides is 2. The van der Waals surface area contributed by atoms with Crippen LogP contribution in [0.25, 0.3) is 0 Å². The lowest BCUT2D eigenvalue weighted by Gasteiger charge is -2.33. The van der Waals surface area contributed by atoms with Gasteiger partial charge in [-0.3, -0.25) is 13.9 Å². The summed E-state index contributed by atoms with van der Waals surface area (Å²) >= 11 is 0. The molecule has 0 aromatic heterocycles. The van der Waals surface area contributed by atoms with Crippen LogP contribution < -0.4 is 14.4 Å². The van der Waals surface area contributed by atoms with Crippen LogP contribution in [-0.2, 0) is 32.6 Å². The van der Waals surface area contributed by atoms with E-state index >= 15 is 0 Å². The van der Waals surface area contributed by atoms with Crippen molar-refractivity contribution < 1.29 is 27.1 Å². The molecule has 44 heavy (non-hydrogen) atoms. The van der Waals surface area contributed by atoms with Crippen LogP contribution in [0, 0.1) is 12.7 Å². The molecule has 1 N–H and O–H groups in total. The number of hydrogen-bond acceptors (Lipinski definition) is 5. The number of hydrogen-bond donors (Lipinski definition) is 1. The van der Waals surface area contributed by atoms with Crippen molar-refractivity contribution in [2.24, 2.45) is 0 Å². The lowest BCUT2D eigenvalue weighted by molar-refractivity contribution is -0.139. The third-order valence-electron chi connectivity index (χ3n) is 7.14. The number of aryl methyl sites for hydroxylation is 1. The Morgan fingerprint density at radius 1 is 0.886 bits per heavy atom. The highest BCUT2D eigenvalue weighted by molar-refractivity contribution is 7.92. The van der Waals surface area contributed by atoms with Crippen molar-refractivity contribution in [3.05, 3.63) is 126 Å². The van der Waals surface area contributed by atoms with Crippen molar-refractivity contribution in [3.63, 3.8) is 0 Å². The topological polar surface area (TPSA) is 96.0 Å². The first-order chi connectivity index (χ1) is 21.1. The van der Waals surface area contributed by atoms with Gasteiger partial charge >= 0.3 is 0 Å². The number of ether oxygens (including phenoxy) is 1. The van der Waals surface area contributed by atoms with Gasteiger partial charge in [0, 0.05) is 25.6 Å². The molecular weight excluding hydrogens is 581 g/mol. The van der Waals surface area contributed by atoms with Gasteiger partial charge in [-0.15, -0.1) is 0 Å². The molecule has 1 atom stereocenters. The minimum atomic E-state index is -4.25. The maximum atomic E-state index is 14.9. The first-order valence-corrected chi connectivity index (χ1v) is 15.7. The van der Waals surface area contributed by atoms with Crippen LogP contribution in [0.4, 0.5) is 10.1 Å². The van der Waals surface area contributed by atoms with E-state index in [9.17, 15) is 22.4 Å². The standard InChI is InChI=1S/C34H36FN3O5S/c1-4-43-29-18-16-28(17-19-29)38(44(41,42)30-20-14-25(2)15-21-30)24-33(39)37(23-27-12-8-9-13-31(27)35)32(34(40)36-3)22-26-10-6-5-7-11-26/h5-21,32H,4,22-24H2,1-3H3,(H,36,40). The minimum absolute atomic E-state index is 0.00225. The molecule has 0 radical (unpaired) electrons. The maximum absolute atomic E-state index is 14.9. The van der Waals surface area contributed by atoms with Gasteiger partial charge in [0.05, 0.1) is 17.2 Å². The summed E-state index contributed by atoms with van der Waals surface area (Å²) in [6.07, 6.45) is 0.133. The van der Waals surface area contributed by atoms with Crippen LogP contribution in [0.3, 0.4) is 0 Å². The number of benzene rings is 4. The normalized spacial score (nSPS) is 11.8. The maximum Gasteiger partial charge on any atom is 0.264 e. The molecule has 10 heteroatoms. The summed E-state index contributed by atoms with van der Waals surface area (Å²) in [5.41, 5.74) is 2.07. The van der Waals surface area contributed by atoms with Gasteiger partial charge in [-0.2, -0.15) is 0 Å². The highest BCUT2D eigenvalue weighted by Gasteiger charge is 2.34. The molecular formula is C34H36FN3O5S. The molecule has 4 aromatic carbocycles. The van der Waals surface area contributed by atoms with Gasteiger partial charge in [0.25, 0.3) is 10.0 Å². The average Bonchev–Trinajstić information content (AvgIpc) is 3.03. The molecule has 4 rings (SSSR count). The number of nitrogens with zero attached hydrogens (tertiary/aromatic N) is 2. The van der Waals surface area contributed by atoms with E-state index in [-0.39, 0.29) is 29.1 Å². The molecule has 2 amide bonds. The monoisotopic (exact) mass is 617 g/mol. The molecule has 1 unspecified atom stereocenters. The molecule has 0 saturated heterocycles. The van der Waals surface area contributed by atoms with Gasteiger partial charge in [-0.25, -0.2) is 12.8 Å². The first-order valence-electron chi connectivity index (χ1n) is 14.2. The summed E-state index contributed by atoms with van der Waals surface area (Å²) in [4.78, 5) is 28.8. The zero-order valence-corrected chi connectivity index (χ0v) is 25.8. The molecule has 0 fully saturated rings. The predicted octanol–water partition coefficient (Wildman–Crippen LogP) is 5.11. The van der Waals surface area contributed by atoms with E-state index in [2.05, 4.69) is 5.32 Å². The molecule has 0 aliphatic carbocycles. The van der Waals surface area contributed by atoms with E-state index in [0.717, 1.165) is 15.4 Å². The summed E-state index contributed by atoms with van der Waals surface area (Å²) < 4.78 is 49.6. The lowest BCUT2D eigenvalue weighted by Crippen LogP contribution is -2.53. The zero-order valence-electron chi connectivity index (χ0n) is 24.9. The van der Waals surface area contributed by atoms with Crippen molar-refractivity contribution >= 4 is 27.5 Å². The SMILES string of the molecule is CCOc1ccc(N(CC(=O)N(Cc2ccccc2F)C(Cc2ccccc2)C(=O)NC)S(=O)(=O)c2ccc(C)cc2)cc1. The summed E-state index contributed by atoms with van der Waals surface area (Å²) in [5.74, 6) is -1.15. The smallest absolute Gasteiger partial charge is 0.264 e. The predicted molar refractivity (Wildman–Crippen MR) is 168 cm³/mol. The fourth-order valence-corrected chi connectivity index (χ4v) is 6.19. The summed E-state index contributed by atoms with van der Waals surface area (Å²) in [6, 6.07) is 26.8. The molecule has 4 aromatic rings. The van der Waals surface area contributed by atoms with Crippen LogP contribution in [0.1, 0.15) is 23.6 Å². The number of anilines is 1. The van der Waals surface area contributed by atoms with Crippen molar-refractivity contribution in [2.75, 3.05) is 24.5 Å². The van der Waals surface area contributed by atoms with Gasteiger partial charge in [-0.05, 0) is 61.9 Å². The van der Waals surface area contributed by atoms with Crippen molar-refractivity contribution in [1.82, 2.24) is 10.2 Å². The molecule has 0 saturated carbocycles. The first kappa shape index (κ1) is 32.2. The number of carbonyl (C=O) groups excluding carboxylic acids is 2. The van der Waals surface area contributed by atoms with Crippen LogP contribution in [0.15, 0.2) is 108 Å². The average molecular weight is 618 g/mol. The van der Waals surface area contributed by atoms with Gasteiger partial charge in [0.1, 0.15) is 24.2 Å². The third kappa shape index (κ3) is 7.82. The van der Waals surface area contributed by atoms with Gasteiger partial charge in [-0.1, -0.05) is 66.2 Å². The Morgan fingerprint density at radius 2 is 1.52 bits per heavy atom. The Morgan fingerprint density at radius 3 is 2.14 bits per heavy atom. The van der Waals surface area contributed by atoms with Crippen LogP contribution in [0.5, 0.6) is 5.75 Å². The second kappa shape index (κ2) is 14.7. The van der Waals surface area contributed by atoms with E-state index in [4.69, 9.17) is 4.74 Å². The fraction of sp³-hybridized carbons (Fsp3) is 0.235. The Labute approximate surface area is 258 Å². The third-order valence-corrected chi connectivity index (χ3v) is 8.93. The summed E-state index contributed by atoms with van der Waals surface area (Å²) in [5, 5.41) is 2.61. The number of likely N-dealkylation sites (N-methyl/N-ethyl adjacent to an activating group) is 1. The zero-order chi connectivity index (χ0) is 31.7. The molecule has 0 heterocycles. The highest BCUT2D eigenvalue weighted by atomic mass is 32.2. The molecule has 8 nitrogen and oxygen atoms in total. The Bertz CT molecular complexity index is 1660. The highest BCUT2D eigenvalue weighted by Crippen LogP contribution is 2.27. The Balaban J connectivity index is 1.79. The minimum Gasteiger partial charge on any atom is -0.494 e. The van der Waals surface area contributed by atoms with Gasteiger partial charge in [0.15, 0.2) is 0 Å². The molecule has 0 aliphatic rings. The van der Waals surface area contributed by atoms with E-state index in [1.807, 2.05) is 44.2 Å². The van der Waals surface area contributed by atoms with E-state index < -0.39 is 40.2 Å². The quantitative estimate of drug-likeness (QED) is 0.225. The van der Waals surface area contributed by atoms with Crippen LogP contribution in [-0.4, -0.2) is 51.4 Å². The van der Waals surface area contributed by atoms with Crippen LogP contribution in [0.2, 0.25) is 0 Å². The summed E-state index contributed by atoms with van der Waals surface area (Å²) in [6.45, 7) is 3.22. The van der Waals surface area contributed by atoms with Crippen molar-refractivity contribution in [1.29, 1.82) is 0 Å². The molecule has 0 spiro atoms. The molecule has 0 bridgehead atoms. The Kier molecular flexibility index (Phi) is 10.7. The van der Waals surface area contributed by atoms with E-state index in [1.54, 1.807) is 42.5 Å². The number of sulfonamides is 1. The van der Waals surface area contributed by atoms with Gasteiger partial charge in [0.2, 0.25) is 11.8 Å². The second-order valence-electron chi connectivity index (χ2n) is 10.2. The van der Waals surface area contributed by atoms with Crippen LogP contribution >= 0.6 is 0 Å². The fourth-order valence-electron chi connectivity index (χ4n) is 4.77. The van der Waals surface area contributed by atoms with Crippen molar-refractivity contribution in [3.8, 4) is 5.75 Å². The number of halogens is 1. The van der Waals surface area contributed by atoms with E-state index in [1.165, 1.54) is 42.3 Å². The molecule has 230 valence electrons.